The highest BCUT2D eigenvalue weighted by Gasteiger charge is 2.05. The maximum absolute atomic E-state index is 5.22. The summed E-state index contributed by atoms with van der Waals surface area (Å²) in [6.07, 6.45) is 2.16. The fourth-order valence-corrected chi connectivity index (χ4v) is 3.23. The van der Waals surface area contributed by atoms with Crippen molar-refractivity contribution in [3.05, 3.63) is 96.2 Å². The van der Waals surface area contributed by atoms with Crippen molar-refractivity contribution in [2.45, 2.75) is 13.1 Å². The van der Waals surface area contributed by atoms with Gasteiger partial charge in [0.1, 0.15) is 5.75 Å². The van der Waals surface area contributed by atoms with Crippen LogP contribution in [0.25, 0.3) is 10.9 Å². The highest BCUT2D eigenvalue weighted by Crippen LogP contribution is 2.22. The smallest absolute Gasteiger partial charge is 0.118 e. The van der Waals surface area contributed by atoms with Crippen LogP contribution in [0.1, 0.15) is 11.1 Å². The Morgan fingerprint density at radius 2 is 1.62 bits per heavy atom. The zero-order chi connectivity index (χ0) is 17.8. The molecule has 26 heavy (non-hydrogen) atoms. The van der Waals surface area contributed by atoms with E-state index in [4.69, 9.17) is 4.74 Å². The van der Waals surface area contributed by atoms with Crippen molar-refractivity contribution >= 4 is 16.6 Å². The molecule has 0 radical (unpaired) electrons. The molecule has 0 aliphatic rings. The van der Waals surface area contributed by atoms with E-state index in [2.05, 4.69) is 82.8 Å². The number of nitrogens with zero attached hydrogens (tertiary/aromatic N) is 1. The van der Waals surface area contributed by atoms with E-state index < -0.39 is 0 Å². The summed E-state index contributed by atoms with van der Waals surface area (Å²) in [5, 5.41) is 4.85. The SMILES string of the molecule is COc1ccc(CNc2ccccc2Cn2ccc3ccccc32)cc1. The van der Waals surface area contributed by atoms with Crippen LogP contribution in [0.15, 0.2) is 85.1 Å². The third-order valence-corrected chi connectivity index (χ3v) is 4.68. The van der Waals surface area contributed by atoms with E-state index in [9.17, 15) is 0 Å². The Labute approximate surface area is 153 Å². The first kappa shape index (κ1) is 16.3. The van der Waals surface area contributed by atoms with Gasteiger partial charge in [-0.25, -0.2) is 0 Å². The summed E-state index contributed by atoms with van der Waals surface area (Å²) in [5.41, 5.74) is 4.94. The van der Waals surface area contributed by atoms with Gasteiger partial charge in [-0.05, 0) is 46.8 Å². The Bertz CT molecular complexity index is 1000. The number of hydrogen-bond donors (Lipinski definition) is 1. The lowest BCUT2D eigenvalue weighted by Gasteiger charge is -2.14. The van der Waals surface area contributed by atoms with E-state index >= 15 is 0 Å². The molecular formula is C23H22N2O. The van der Waals surface area contributed by atoms with Gasteiger partial charge in [-0.15, -0.1) is 0 Å². The van der Waals surface area contributed by atoms with Crippen LogP contribution < -0.4 is 10.1 Å². The molecule has 0 saturated heterocycles. The zero-order valence-corrected chi connectivity index (χ0v) is 14.9. The standard InChI is InChI=1S/C23H22N2O/c1-26-21-12-10-18(11-13-21)16-24-22-8-4-2-7-20(22)17-25-15-14-19-6-3-5-9-23(19)25/h2-15,24H,16-17H2,1H3. The van der Waals surface area contributed by atoms with Gasteiger partial charge >= 0.3 is 0 Å². The van der Waals surface area contributed by atoms with Crippen molar-refractivity contribution in [2.24, 2.45) is 0 Å². The lowest BCUT2D eigenvalue weighted by atomic mass is 10.1. The van der Waals surface area contributed by atoms with Gasteiger partial charge in [0.2, 0.25) is 0 Å². The number of fused-ring (bicyclic) bond motifs is 1. The van der Waals surface area contributed by atoms with E-state index in [1.807, 2.05) is 12.1 Å². The Balaban J connectivity index is 1.52. The van der Waals surface area contributed by atoms with Crippen LogP contribution in [0.4, 0.5) is 5.69 Å². The van der Waals surface area contributed by atoms with E-state index in [1.165, 1.54) is 27.7 Å². The molecule has 3 aromatic carbocycles. The second-order valence-electron chi connectivity index (χ2n) is 6.36. The molecule has 0 unspecified atom stereocenters. The van der Waals surface area contributed by atoms with Crippen LogP contribution in [-0.2, 0) is 13.1 Å². The molecule has 0 fully saturated rings. The quantitative estimate of drug-likeness (QED) is 0.514. The molecule has 4 aromatic rings. The predicted octanol–water partition coefficient (Wildman–Crippen LogP) is 5.31. The molecule has 0 saturated carbocycles. The number of hydrogen-bond acceptors (Lipinski definition) is 2. The maximum Gasteiger partial charge on any atom is 0.118 e. The van der Waals surface area contributed by atoms with Crippen LogP contribution >= 0.6 is 0 Å². The van der Waals surface area contributed by atoms with Gasteiger partial charge in [-0.2, -0.15) is 0 Å². The van der Waals surface area contributed by atoms with Crippen molar-refractivity contribution in [1.82, 2.24) is 4.57 Å². The zero-order valence-electron chi connectivity index (χ0n) is 14.9. The van der Waals surface area contributed by atoms with Crippen molar-refractivity contribution in [2.75, 3.05) is 12.4 Å². The van der Waals surface area contributed by atoms with Gasteiger partial charge < -0.3 is 14.6 Å². The molecule has 3 heteroatoms. The molecule has 130 valence electrons. The van der Waals surface area contributed by atoms with Crippen LogP contribution in [-0.4, -0.2) is 11.7 Å². The van der Waals surface area contributed by atoms with Gasteiger partial charge in [0.25, 0.3) is 0 Å². The highest BCUT2D eigenvalue weighted by atomic mass is 16.5. The summed E-state index contributed by atoms with van der Waals surface area (Å²) < 4.78 is 7.52. The Kier molecular flexibility index (Phi) is 4.61. The van der Waals surface area contributed by atoms with E-state index in [0.29, 0.717) is 0 Å². The molecule has 0 aliphatic carbocycles. The summed E-state index contributed by atoms with van der Waals surface area (Å²) in [4.78, 5) is 0. The second kappa shape index (κ2) is 7.36. The average molecular weight is 342 g/mol. The normalized spacial score (nSPS) is 10.8. The molecule has 3 nitrogen and oxygen atoms in total. The number of nitrogens with one attached hydrogen (secondary N) is 1. The minimum atomic E-state index is 0.785. The van der Waals surface area contributed by atoms with Gasteiger partial charge in [0.05, 0.1) is 7.11 Å². The Morgan fingerprint density at radius 3 is 2.46 bits per heavy atom. The molecule has 0 amide bonds. The molecule has 0 atom stereocenters. The molecule has 1 heterocycles. The third kappa shape index (κ3) is 3.42. The molecule has 0 aliphatic heterocycles. The number of aromatic nitrogens is 1. The predicted molar refractivity (Wildman–Crippen MR) is 108 cm³/mol. The fourth-order valence-electron chi connectivity index (χ4n) is 3.23. The highest BCUT2D eigenvalue weighted by molar-refractivity contribution is 5.80. The first-order chi connectivity index (χ1) is 12.8. The van der Waals surface area contributed by atoms with Crippen LogP contribution in [0.3, 0.4) is 0 Å². The number of benzene rings is 3. The first-order valence-corrected chi connectivity index (χ1v) is 8.82. The largest absolute Gasteiger partial charge is 0.497 e. The monoisotopic (exact) mass is 342 g/mol. The summed E-state index contributed by atoms with van der Waals surface area (Å²) in [6.45, 7) is 1.63. The van der Waals surface area contributed by atoms with Crippen molar-refractivity contribution in [3.63, 3.8) is 0 Å². The van der Waals surface area contributed by atoms with Gasteiger partial charge in [-0.3, -0.25) is 0 Å². The number of methoxy groups -OCH3 is 1. The van der Waals surface area contributed by atoms with E-state index in [1.54, 1.807) is 7.11 Å². The second-order valence-corrected chi connectivity index (χ2v) is 6.36. The van der Waals surface area contributed by atoms with E-state index in [0.717, 1.165) is 18.8 Å². The van der Waals surface area contributed by atoms with Crippen LogP contribution in [0, 0.1) is 0 Å². The number of para-hydroxylation sites is 2. The molecule has 0 bridgehead atoms. The van der Waals surface area contributed by atoms with Crippen molar-refractivity contribution < 1.29 is 4.74 Å². The number of rotatable bonds is 6. The van der Waals surface area contributed by atoms with Gasteiger partial charge in [0, 0.05) is 30.5 Å². The molecule has 4 rings (SSSR count). The molecule has 1 N–H and O–H groups in total. The maximum atomic E-state index is 5.22. The summed E-state index contributed by atoms with van der Waals surface area (Å²) in [7, 11) is 1.69. The molecule has 0 spiro atoms. The van der Waals surface area contributed by atoms with Crippen LogP contribution in [0.5, 0.6) is 5.75 Å². The lowest BCUT2D eigenvalue weighted by molar-refractivity contribution is 0.414. The first-order valence-electron chi connectivity index (χ1n) is 8.82. The van der Waals surface area contributed by atoms with E-state index in [-0.39, 0.29) is 0 Å². The minimum absolute atomic E-state index is 0.785. The summed E-state index contributed by atoms with van der Waals surface area (Å²) in [6, 6.07) is 27.3. The minimum Gasteiger partial charge on any atom is -0.497 e. The molecular weight excluding hydrogens is 320 g/mol. The lowest BCUT2D eigenvalue weighted by Crippen LogP contribution is -2.05. The fraction of sp³-hybridized carbons (Fsp3) is 0.130. The summed E-state index contributed by atoms with van der Waals surface area (Å²) in [5.74, 6) is 0.883. The number of anilines is 1. The molecule has 1 aromatic heterocycles. The topological polar surface area (TPSA) is 26.2 Å². The van der Waals surface area contributed by atoms with Gasteiger partial charge in [-0.1, -0.05) is 48.5 Å². The van der Waals surface area contributed by atoms with Crippen LogP contribution in [0.2, 0.25) is 0 Å². The third-order valence-electron chi connectivity index (χ3n) is 4.68. The van der Waals surface area contributed by atoms with Crippen molar-refractivity contribution in [3.8, 4) is 5.75 Å². The van der Waals surface area contributed by atoms with Crippen molar-refractivity contribution in [1.29, 1.82) is 0 Å². The summed E-state index contributed by atoms with van der Waals surface area (Å²) >= 11 is 0. The number of ether oxygens (including phenoxy) is 1. The average Bonchev–Trinajstić information content (AvgIpc) is 3.11. The Hall–Kier alpha value is -3.20. The van der Waals surface area contributed by atoms with Gasteiger partial charge in [0.15, 0.2) is 0 Å². The Morgan fingerprint density at radius 1 is 0.846 bits per heavy atom.